The molecular formula is C16H19N3O. The minimum atomic E-state index is -0.0118. The van der Waals surface area contributed by atoms with Crippen LogP contribution in [-0.2, 0) is 26.4 Å². The van der Waals surface area contributed by atoms with Crippen molar-refractivity contribution in [2.45, 2.75) is 32.2 Å². The predicted molar refractivity (Wildman–Crippen MR) is 77.5 cm³/mol. The molecule has 4 nitrogen and oxygen atoms in total. The van der Waals surface area contributed by atoms with Gasteiger partial charge in [0.15, 0.2) is 0 Å². The van der Waals surface area contributed by atoms with Crippen LogP contribution < -0.4 is 5.32 Å². The molecule has 1 aliphatic carbocycles. The van der Waals surface area contributed by atoms with E-state index in [2.05, 4.69) is 16.5 Å². The lowest BCUT2D eigenvalue weighted by Gasteiger charge is -2.16. The van der Waals surface area contributed by atoms with Gasteiger partial charge in [-0.15, -0.1) is 0 Å². The molecule has 1 aromatic heterocycles. The lowest BCUT2D eigenvalue weighted by Crippen LogP contribution is -2.23. The molecule has 3 rings (SSSR count). The van der Waals surface area contributed by atoms with Gasteiger partial charge in [0.1, 0.15) is 0 Å². The van der Waals surface area contributed by atoms with E-state index in [9.17, 15) is 4.79 Å². The lowest BCUT2D eigenvalue weighted by molar-refractivity contribution is 0.0951. The summed E-state index contributed by atoms with van der Waals surface area (Å²) in [7, 11) is 1.87. The summed E-state index contributed by atoms with van der Waals surface area (Å²) in [6.07, 6.45) is 8.42. The molecule has 104 valence electrons. The van der Waals surface area contributed by atoms with E-state index in [0.29, 0.717) is 6.54 Å². The van der Waals surface area contributed by atoms with Crippen molar-refractivity contribution in [1.29, 1.82) is 0 Å². The Morgan fingerprint density at radius 2 is 2.10 bits per heavy atom. The maximum atomic E-state index is 12.2. The molecule has 1 N–H and O–H groups in total. The number of fused-ring (bicyclic) bond motifs is 1. The van der Waals surface area contributed by atoms with Crippen LogP contribution >= 0.6 is 0 Å². The number of nitrogens with zero attached hydrogens (tertiary/aromatic N) is 2. The third-order valence-corrected chi connectivity index (χ3v) is 3.82. The molecule has 0 spiro atoms. The Morgan fingerprint density at radius 1 is 1.30 bits per heavy atom. The third kappa shape index (κ3) is 2.74. The smallest absolute Gasteiger partial charge is 0.251 e. The van der Waals surface area contributed by atoms with Crippen molar-refractivity contribution in [2.75, 3.05) is 0 Å². The van der Waals surface area contributed by atoms with E-state index in [1.54, 1.807) is 10.9 Å². The summed E-state index contributed by atoms with van der Waals surface area (Å²) in [6, 6.07) is 6.09. The highest BCUT2D eigenvalue weighted by molar-refractivity contribution is 5.94. The first-order chi connectivity index (χ1) is 9.72. The van der Waals surface area contributed by atoms with Gasteiger partial charge >= 0.3 is 0 Å². The largest absolute Gasteiger partial charge is 0.348 e. The van der Waals surface area contributed by atoms with Gasteiger partial charge in [0.25, 0.3) is 5.91 Å². The second-order valence-electron chi connectivity index (χ2n) is 5.40. The van der Waals surface area contributed by atoms with Gasteiger partial charge in [0.2, 0.25) is 0 Å². The Balaban J connectivity index is 1.67. The molecule has 0 fully saturated rings. The summed E-state index contributed by atoms with van der Waals surface area (Å²) < 4.78 is 1.74. The monoisotopic (exact) mass is 269 g/mol. The number of aryl methyl sites for hydroxylation is 3. The van der Waals surface area contributed by atoms with Gasteiger partial charge in [-0.05, 0) is 48.9 Å². The van der Waals surface area contributed by atoms with Crippen molar-refractivity contribution in [3.63, 3.8) is 0 Å². The summed E-state index contributed by atoms with van der Waals surface area (Å²) in [5.41, 5.74) is 4.51. The number of benzene rings is 1. The fourth-order valence-electron chi connectivity index (χ4n) is 2.72. The van der Waals surface area contributed by atoms with Gasteiger partial charge in [-0.25, -0.2) is 0 Å². The summed E-state index contributed by atoms with van der Waals surface area (Å²) in [6.45, 7) is 0.518. The first kappa shape index (κ1) is 12.9. The van der Waals surface area contributed by atoms with E-state index in [1.807, 2.05) is 25.4 Å². The molecule has 1 heterocycles. The average molecular weight is 269 g/mol. The van der Waals surface area contributed by atoms with Crippen molar-refractivity contribution in [3.05, 3.63) is 52.8 Å². The van der Waals surface area contributed by atoms with Crippen LogP contribution in [0.5, 0.6) is 0 Å². The van der Waals surface area contributed by atoms with Gasteiger partial charge in [-0.1, -0.05) is 6.07 Å². The topological polar surface area (TPSA) is 46.9 Å². The highest BCUT2D eigenvalue weighted by Crippen LogP contribution is 2.22. The molecule has 20 heavy (non-hydrogen) atoms. The number of carbonyl (C=O) groups is 1. The molecule has 0 saturated carbocycles. The van der Waals surface area contributed by atoms with Crippen molar-refractivity contribution >= 4 is 5.91 Å². The molecule has 1 aliphatic rings. The number of aromatic nitrogens is 2. The van der Waals surface area contributed by atoms with Crippen LogP contribution in [0, 0.1) is 0 Å². The standard InChI is InChI=1S/C16H19N3O/c1-19-11-12(10-18-19)9-17-16(20)15-7-6-13-4-2-3-5-14(13)8-15/h6-8,10-11H,2-5,9H2,1H3,(H,17,20). The first-order valence-electron chi connectivity index (χ1n) is 7.10. The molecule has 0 radical (unpaired) electrons. The van der Waals surface area contributed by atoms with Gasteiger partial charge < -0.3 is 5.32 Å². The Bertz CT molecular complexity index is 630. The minimum Gasteiger partial charge on any atom is -0.348 e. The molecule has 4 heteroatoms. The van der Waals surface area contributed by atoms with E-state index in [-0.39, 0.29) is 5.91 Å². The first-order valence-corrected chi connectivity index (χ1v) is 7.10. The predicted octanol–water partition coefficient (Wildman–Crippen LogP) is 2.23. The van der Waals surface area contributed by atoms with Crippen LogP contribution in [0.4, 0.5) is 0 Å². The van der Waals surface area contributed by atoms with Crippen LogP contribution in [-0.4, -0.2) is 15.7 Å². The normalized spacial score (nSPS) is 13.8. The molecule has 0 bridgehead atoms. The van der Waals surface area contributed by atoms with Gasteiger partial charge in [-0.3, -0.25) is 9.48 Å². The van der Waals surface area contributed by atoms with Crippen LogP contribution in [0.2, 0.25) is 0 Å². The average Bonchev–Trinajstić information content (AvgIpc) is 2.90. The lowest BCUT2D eigenvalue weighted by atomic mass is 9.90. The molecular weight excluding hydrogens is 250 g/mol. The maximum Gasteiger partial charge on any atom is 0.251 e. The quantitative estimate of drug-likeness (QED) is 0.928. The summed E-state index contributed by atoms with van der Waals surface area (Å²) in [5, 5.41) is 7.03. The zero-order valence-electron chi connectivity index (χ0n) is 11.7. The summed E-state index contributed by atoms with van der Waals surface area (Å²) in [4.78, 5) is 12.2. The molecule has 0 saturated heterocycles. The van der Waals surface area contributed by atoms with E-state index in [1.165, 1.54) is 24.0 Å². The fraction of sp³-hybridized carbons (Fsp3) is 0.375. The van der Waals surface area contributed by atoms with E-state index in [0.717, 1.165) is 24.0 Å². The molecule has 2 aromatic rings. The number of carbonyl (C=O) groups excluding carboxylic acids is 1. The number of hydrogen-bond acceptors (Lipinski definition) is 2. The van der Waals surface area contributed by atoms with E-state index < -0.39 is 0 Å². The third-order valence-electron chi connectivity index (χ3n) is 3.82. The van der Waals surface area contributed by atoms with Crippen LogP contribution in [0.1, 0.15) is 39.9 Å². The minimum absolute atomic E-state index is 0.0118. The van der Waals surface area contributed by atoms with Crippen LogP contribution in [0.3, 0.4) is 0 Å². The van der Waals surface area contributed by atoms with Crippen LogP contribution in [0.25, 0.3) is 0 Å². The Kier molecular flexibility index (Phi) is 3.54. The number of hydrogen-bond donors (Lipinski definition) is 1. The SMILES string of the molecule is Cn1cc(CNC(=O)c2ccc3c(c2)CCCC3)cn1. The van der Waals surface area contributed by atoms with Gasteiger partial charge in [0.05, 0.1) is 6.20 Å². The number of nitrogens with one attached hydrogen (secondary N) is 1. The van der Waals surface area contributed by atoms with Crippen molar-refractivity contribution in [3.8, 4) is 0 Å². The summed E-state index contributed by atoms with van der Waals surface area (Å²) in [5.74, 6) is -0.0118. The number of amides is 1. The second-order valence-corrected chi connectivity index (χ2v) is 5.40. The maximum absolute atomic E-state index is 12.2. The number of rotatable bonds is 3. The fourth-order valence-corrected chi connectivity index (χ4v) is 2.72. The van der Waals surface area contributed by atoms with E-state index in [4.69, 9.17) is 0 Å². The highest BCUT2D eigenvalue weighted by Gasteiger charge is 2.12. The van der Waals surface area contributed by atoms with Crippen molar-refractivity contribution in [1.82, 2.24) is 15.1 Å². The molecule has 1 amide bonds. The molecule has 0 aliphatic heterocycles. The molecule has 0 unspecified atom stereocenters. The zero-order chi connectivity index (χ0) is 13.9. The molecule has 0 atom stereocenters. The Hall–Kier alpha value is -2.10. The van der Waals surface area contributed by atoms with E-state index >= 15 is 0 Å². The highest BCUT2D eigenvalue weighted by atomic mass is 16.1. The summed E-state index contributed by atoms with van der Waals surface area (Å²) >= 11 is 0. The van der Waals surface area contributed by atoms with Gasteiger partial charge in [-0.2, -0.15) is 5.10 Å². The second kappa shape index (κ2) is 5.49. The Morgan fingerprint density at radius 3 is 2.85 bits per heavy atom. The van der Waals surface area contributed by atoms with Crippen molar-refractivity contribution in [2.24, 2.45) is 7.05 Å². The molecule has 1 aromatic carbocycles. The Labute approximate surface area is 118 Å². The zero-order valence-corrected chi connectivity index (χ0v) is 11.7. The van der Waals surface area contributed by atoms with Crippen LogP contribution in [0.15, 0.2) is 30.6 Å². The van der Waals surface area contributed by atoms with Crippen molar-refractivity contribution < 1.29 is 4.79 Å². The van der Waals surface area contributed by atoms with Gasteiger partial charge in [0, 0.05) is 30.9 Å².